The number of alkyl halides is 3. The highest BCUT2D eigenvalue weighted by atomic mass is 19.4. The minimum Gasteiger partial charge on any atom is -0.347 e. The number of halogens is 4. The highest BCUT2D eigenvalue weighted by molar-refractivity contribution is 5.98. The molecule has 4 rings (SSSR count). The molecule has 0 unspecified atom stereocenters. The number of benzene rings is 1. The van der Waals surface area contributed by atoms with Crippen LogP contribution in [0.2, 0.25) is 0 Å². The van der Waals surface area contributed by atoms with E-state index in [0.29, 0.717) is 25.1 Å². The minimum atomic E-state index is -4.92. The normalized spacial score (nSPS) is 27.1. The number of hydrogen-bond acceptors (Lipinski definition) is 3. The van der Waals surface area contributed by atoms with E-state index in [1.807, 2.05) is 0 Å². The monoisotopic (exact) mass is 399 g/mol. The van der Waals surface area contributed by atoms with E-state index in [0.717, 1.165) is 12.5 Å². The molecule has 150 valence electrons. The van der Waals surface area contributed by atoms with Gasteiger partial charge in [0.25, 0.3) is 5.91 Å². The van der Waals surface area contributed by atoms with Gasteiger partial charge in [-0.1, -0.05) is 0 Å². The number of nitrogens with one attached hydrogen (secondary N) is 1. The van der Waals surface area contributed by atoms with Crippen LogP contribution in [0.5, 0.6) is 0 Å². The number of nitrogens with zero attached hydrogens (tertiary/aromatic N) is 2. The first kappa shape index (κ1) is 18.7. The topological polar surface area (TPSA) is 69.7 Å². The van der Waals surface area contributed by atoms with Gasteiger partial charge in [0.05, 0.1) is 5.56 Å². The van der Waals surface area contributed by atoms with Gasteiger partial charge in [-0.05, 0) is 37.5 Å². The van der Waals surface area contributed by atoms with Gasteiger partial charge in [0.15, 0.2) is 0 Å². The summed E-state index contributed by atoms with van der Waals surface area (Å²) >= 11 is 0. The van der Waals surface area contributed by atoms with E-state index in [1.165, 1.54) is 4.90 Å². The summed E-state index contributed by atoms with van der Waals surface area (Å²) < 4.78 is 51.9. The van der Waals surface area contributed by atoms with E-state index in [4.69, 9.17) is 0 Å². The Kier molecular flexibility index (Phi) is 4.31. The Morgan fingerprint density at radius 2 is 1.82 bits per heavy atom. The molecule has 0 spiro atoms. The second kappa shape index (κ2) is 6.46. The molecule has 3 aliphatic rings. The summed E-state index contributed by atoms with van der Waals surface area (Å²) in [7, 11) is 0. The van der Waals surface area contributed by atoms with Crippen LogP contribution in [0.3, 0.4) is 0 Å². The largest absolute Gasteiger partial charge is 0.419 e. The van der Waals surface area contributed by atoms with Crippen LogP contribution in [0.1, 0.15) is 35.2 Å². The number of fused-ring (bicyclic) bond motifs is 2. The van der Waals surface area contributed by atoms with Crippen molar-refractivity contribution in [1.82, 2.24) is 15.1 Å². The lowest BCUT2D eigenvalue weighted by Crippen LogP contribution is -2.60. The molecule has 28 heavy (non-hydrogen) atoms. The molecule has 1 aromatic rings. The third-order valence-electron chi connectivity index (χ3n) is 5.56. The minimum absolute atomic E-state index is 0.124. The van der Waals surface area contributed by atoms with E-state index in [2.05, 4.69) is 5.32 Å². The van der Waals surface area contributed by atoms with E-state index < -0.39 is 41.6 Å². The van der Waals surface area contributed by atoms with Gasteiger partial charge in [-0.2, -0.15) is 13.2 Å². The molecule has 0 aromatic heterocycles. The zero-order valence-electron chi connectivity index (χ0n) is 14.6. The Balaban J connectivity index is 1.48. The molecule has 3 heterocycles. The van der Waals surface area contributed by atoms with Crippen LogP contribution in [-0.2, 0) is 15.8 Å². The Morgan fingerprint density at radius 1 is 1.11 bits per heavy atom. The van der Waals surface area contributed by atoms with Crippen molar-refractivity contribution in [3.8, 4) is 0 Å². The van der Waals surface area contributed by atoms with Crippen molar-refractivity contribution in [3.63, 3.8) is 0 Å². The molecule has 1 aromatic carbocycles. The lowest BCUT2D eigenvalue weighted by Gasteiger charge is -2.38. The van der Waals surface area contributed by atoms with Gasteiger partial charge < -0.3 is 15.1 Å². The van der Waals surface area contributed by atoms with Gasteiger partial charge in [0, 0.05) is 24.7 Å². The summed E-state index contributed by atoms with van der Waals surface area (Å²) in [6.45, 7) is 0.658. The third-order valence-corrected chi connectivity index (χ3v) is 5.56. The van der Waals surface area contributed by atoms with Crippen molar-refractivity contribution >= 4 is 17.7 Å². The van der Waals surface area contributed by atoms with Crippen LogP contribution in [0.25, 0.3) is 0 Å². The predicted molar refractivity (Wildman–Crippen MR) is 87.5 cm³/mol. The number of hydrogen-bond donors (Lipinski definition) is 1. The molecule has 3 aliphatic heterocycles. The number of carbonyl (C=O) groups excluding carboxylic acids is 3. The molecular weight excluding hydrogens is 382 g/mol. The van der Waals surface area contributed by atoms with Crippen LogP contribution in [0, 0.1) is 5.82 Å². The molecule has 3 amide bonds. The SMILES string of the molecule is O=C(N[C@H]1C[C@H]2C(=O)N3CCC[C@@H]3C(=O)N2C1)c1ccc(F)c(C(F)(F)F)c1. The number of carbonyl (C=O) groups is 3. The fourth-order valence-corrected chi connectivity index (χ4v) is 4.24. The predicted octanol–water partition coefficient (Wildman–Crippen LogP) is 1.55. The highest BCUT2D eigenvalue weighted by Crippen LogP contribution is 2.33. The Hall–Kier alpha value is -2.65. The molecule has 0 bridgehead atoms. The first-order valence-corrected chi connectivity index (χ1v) is 8.95. The molecule has 3 atom stereocenters. The summed E-state index contributed by atoms with van der Waals surface area (Å²) in [5.74, 6) is -2.57. The standard InChI is InChI=1S/C18H17F4N3O3/c19-12-4-3-9(6-11(12)18(20,21)22)15(26)23-10-7-14-17(28)24-5-1-2-13(24)16(27)25(14)8-10/h3-4,6,10,13-14H,1-2,5,7-8H2,(H,23,26)/t10-,13+,14-/m0/s1. The first-order valence-electron chi connectivity index (χ1n) is 8.95. The van der Waals surface area contributed by atoms with Crippen molar-refractivity contribution in [2.75, 3.05) is 13.1 Å². The maximum Gasteiger partial charge on any atom is 0.419 e. The third kappa shape index (κ3) is 3.00. The fourth-order valence-electron chi connectivity index (χ4n) is 4.24. The molecule has 3 saturated heterocycles. The van der Waals surface area contributed by atoms with Gasteiger partial charge in [0.2, 0.25) is 11.8 Å². The summed E-state index contributed by atoms with van der Waals surface area (Å²) in [5.41, 5.74) is -1.85. The quantitative estimate of drug-likeness (QED) is 0.768. The van der Waals surface area contributed by atoms with Crippen molar-refractivity contribution in [3.05, 3.63) is 35.1 Å². The van der Waals surface area contributed by atoms with Crippen LogP contribution >= 0.6 is 0 Å². The van der Waals surface area contributed by atoms with E-state index in [1.54, 1.807) is 4.90 Å². The van der Waals surface area contributed by atoms with Crippen LogP contribution in [-0.4, -0.2) is 58.7 Å². The second-order valence-corrected chi connectivity index (χ2v) is 7.29. The van der Waals surface area contributed by atoms with E-state index in [9.17, 15) is 31.9 Å². The zero-order chi connectivity index (χ0) is 20.2. The van der Waals surface area contributed by atoms with Crippen molar-refractivity contribution < 1.29 is 31.9 Å². The van der Waals surface area contributed by atoms with Crippen LogP contribution in [0.15, 0.2) is 18.2 Å². The molecule has 6 nitrogen and oxygen atoms in total. The fraction of sp³-hybridized carbons (Fsp3) is 0.500. The molecule has 1 N–H and O–H groups in total. The average Bonchev–Trinajstić information content (AvgIpc) is 3.26. The second-order valence-electron chi connectivity index (χ2n) is 7.29. The molecular formula is C18H17F4N3O3. The highest BCUT2D eigenvalue weighted by Gasteiger charge is 2.51. The van der Waals surface area contributed by atoms with E-state index in [-0.39, 0.29) is 30.3 Å². The zero-order valence-corrected chi connectivity index (χ0v) is 14.6. The van der Waals surface area contributed by atoms with Gasteiger partial charge in [-0.3, -0.25) is 14.4 Å². The van der Waals surface area contributed by atoms with Gasteiger partial charge >= 0.3 is 6.18 Å². The Bertz CT molecular complexity index is 827. The van der Waals surface area contributed by atoms with Crippen LogP contribution in [0.4, 0.5) is 17.6 Å². The van der Waals surface area contributed by atoms with Crippen LogP contribution < -0.4 is 5.32 Å². The Morgan fingerprint density at radius 3 is 2.54 bits per heavy atom. The average molecular weight is 399 g/mol. The number of rotatable bonds is 2. The lowest BCUT2D eigenvalue weighted by atomic mass is 10.1. The Labute approximate surface area is 157 Å². The summed E-state index contributed by atoms with van der Waals surface area (Å²) in [4.78, 5) is 40.5. The molecule has 3 fully saturated rings. The van der Waals surface area contributed by atoms with Gasteiger partial charge in [-0.15, -0.1) is 0 Å². The van der Waals surface area contributed by atoms with Gasteiger partial charge in [-0.25, -0.2) is 4.39 Å². The molecule has 10 heteroatoms. The molecule has 0 saturated carbocycles. The summed E-state index contributed by atoms with van der Waals surface area (Å²) in [6.07, 6.45) is -3.33. The number of amides is 3. The van der Waals surface area contributed by atoms with Crippen molar-refractivity contribution in [2.45, 2.75) is 43.6 Å². The summed E-state index contributed by atoms with van der Waals surface area (Å²) in [6, 6.07) is 0.339. The maximum atomic E-state index is 13.4. The molecule has 0 aliphatic carbocycles. The van der Waals surface area contributed by atoms with Gasteiger partial charge in [0.1, 0.15) is 17.9 Å². The van der Waals surface area contributed by atoms with Crippen molar-refractivity contribution in [1.29, 1.82) is 0 Å². The lowest BCUT2D eigenvalue weighted by molar-refractivity contribution is -0.156. The number of piperazine rings is 1. The first-order chi connectivity index (χ1) is 13.2. The maximum absolute atomic E-state index is 13.4. The summed E-state index contributed by atoms with van der Waals surface area (Å²) in [5, 5.41) is 2.56. The van der Waals surface area contributed by atoms with E-state index >= 15 is 0 Å². The van der Waals surface area contributed by atoms with Crippen molar-refractivity contribution in [2.24, 2.45) is 0 Å². The smallest absolute Gasteiger partial charge is 0.347 e. The molecule has 0 radical (unpaired) electrons.